The molecule has 1 aromatic heterocycles. The van der Waals surface area contributed by atoms with Crippen molar-refractivity contribution in [2.24, 2.45) is 7.05 Å². The van der Waals surface area contributed by atoms with Gasteiger partial charge >= 0.3 is 0 Å². The van der Waals surface area contributed by atoms with E-state index in [0.717, 1.165) is 17.8 Å². The van der Waals surface area contributed by atoms with E-state index in [9.17, 15) is 9.59 Å². The molecule has 1 unspecified atom stereocenters. The summed E-state index contributed by atoms with van der Waals surface area (Å²) in [4.78, 5) is 24.3. The molecule has 0 aliphatic carbocycles. The van der Waals surface area contributed by atoms with Crippen LogP contribution < -0.4 is 5.32 Å². The summed E-state index contributed by atoms with van der Waals surface area (Å²) < 4.78 is 1.70. The molecule has 6 nitrogen and oxygen atoms in total. The van der Waals surface area contributed by atoms with Crippen LogP contribution in [0.5, 0.6) is 0 Å². The maximum Gasteiger partial charge on any atom is 0.251 e. The molecule has 1 fully saturated rings. The van der Waals surface area contributed by atoms with Crippen LogP contribution in [-0.4, -0.2) is 39.6 Å². The van der Waals surface area contributed by atoms with Gasteiger partial charge in [-0.3, -0.25) is 19.2 Å². The van der Waals surface area contributed by atoms with E-state index in [0.29, 0.717) is 0 Å². The largest absolute Gasteiger partial charge is 0.370 e. The molecule has 1 aliphatic rings. The average molecular weight is 236 g/mol. The van der Waals surface area contributed by atoms with Gasteiger partial charge in [0.2, 0.25) is 5.91 Å². The number of aryl methyl sites for hydroxylation is 2. The Kier molecular flexibility index (Phi) is 2.87. The number of hydrogen-bond acceptors (Lipinski definition) is 4. The van der Waals surface area contributed by atoms with Gasteiger partial charge in [0.05, 0.1) is 17.8 Å². The third kappa shape index (κ3) is 2.02. The number of anilines is 1. The van der Waals surface area contributed by atoms with E-state index in [2.05, 4.69) is 10.4 Å². The maximum absolute atomic E-state index is 11.7. The van der Waals surface area contributed by atoms with Crippen molar-refractivity contribution in [3.63, 3.8) is 0 Å². The molecule has 92 valence electrons. The highest BCUT2D eigenvalue weighted by atomic mass is 16.2. The normalized spacial score (nSPS) is 20.2. The quantitative estimate of drug-likeness (QED) is 0.759. The van der Waals surface area contributed by atoms with E-state index in [4.69, 9.17) is 0 Å². The Balaban J connectivity index is 2.16. The van der Waals surface area contributed by atoms with Gasteiger partial charge < -0.3 is 5.32 Å². The minimum Gasteiger partial charge on any atom is -0.370 e. The Morgan fingerprint density at radius 2 is 2.18 bits per heavy atom. The van der Waals surface area contributed by atoms with Crippen molar-refractivity contribution in [3.8, 4) is 0 Å². The number of amides is 2. The van der Waals surface area contributed by atoms with Crippen LogP contribution in [0.2, 0.25) is 0 Å². The topological polar surface area (TPSA) is 67.2 Å². The Labute approximate surface area is 99.6 Å². The highest BCUT2D eigenvalue weighted by molar-refractivity contribution is 6.06. The Bertz CT molecular complexity index is 466. The van der Waals surface area contributed by atoms with Crippen LogP contribution in [0.25, 0.3) is 0 Å². The first kappa shape index (κ1) is 11.6. The van der Waals surface area contributed by atoms with Crippen molar-refractivity contribution in [3.05, 3.63) is 11.9 Å². The highest BCUT2D eigenvalue weighted by Crippen LogP contribution is 2.20. The SMILES string of the molecule is CCc1nn(C)cc1NC1CC(=O)N(C)C1=O. The summed E-state index contributed by atoms with van der Waals surface area (Å²) >= 11 is 0. The number of nitrogens with zero attached hydrogens (tertiary/aromatic N) is 3. The third-order valence-electron chi connectivity index (χ3n) is 2.95. The number of rotatable bonds is 3. The first-order valence-electron chi connectivity index (χ1n) is 5.62. The van der Waals surface area contributed by atoms with Crippen LogP contribution in [0.1, 0.15) is 19.0 Å². The smallest absolute Gasteiger partial charge is 0.251 e. The second-order valence-electron chi connectivity index (χ2n) is 4.21. The molecule has 1 aliphatic heterocycles. The Hall–Kier alpha value is -1.85. The Morgan fingerprint density at radius 1 is 1.47 bits per heavy atom. The van der Waals surface area contributed by atoms with Crippen LogP contribution in [0.15, 0.2) is 6.20 Å². The van der Waals surface area contributed by atoms with Gasteiger partial charge in [0, 0.05) is 20.3 Å². The van der Waals surface area contributed by atoms with Crippen LogP contribution in [0.4, 0.5) is 5.69 Å². The molecular formula is C11H16N4O2. The first-order chi connectivity index (χ1) is 8.02. The summed E-state index contributed by atoms with van der Waals surface area (Å²) in [6.07, 6.45) is 2.83. The summed E-state index contributed by atoms with van der Waals surface area (Å²) in [6, 6.07) is -0.456. The van der Waals surface area contributed by atoms with Crippen molar-refractivity contribution < 1.29 is 9.59 Å². The molecule has 2 amide bonds. The lowest BCUT2D eigenvalue weighted by Gasteiger charge is -2.11. The van der Waals surface area contributed by atoms with E-state index in [1.807, 2.05) is 20.2 Å². The average Bonchev–Trinajstić information content (AvgIpc) is 2.76. The molecule has 1 atom stereocenters. The van der Waals surface area contributed by atoms with Gasteiger partial charge in [0.15, 0.2) is 0 Å². The lowest BCUT2D eigenvalue weighted by atomic mass is 10.2. The number of carbonyl (C=O) groups excluding carboxylic acids is 2. The van der Waals surface area contributed by atoms with Gasteiger partial charge in [0.1, 0.15) is 6.04 Å². The van der Waals surface area contributed by atoms with Crippen molar-refractivity contribution >= 4 is 17.5 Å². The van der Waals surface area contributed by atoms with E-state index >= 15 is 0 Å². The zero-order valence-corrected chi connectivity index (χ0v) is 10.2. The monoisotopic (exact) mass is 236 g/mol. The van der Waals surface area contributed by atoms with Crippen molar-refractivity contribution in [1.82, 2.24) is 14.7 Å². The van der Waals surface area contributed by atoms with Gasteiger partial charge in [-0.1, -0.05) is 6.92 Å². The molecule has 0 spiro atoms. The molecule has 0 saturated carbocycles. The molecule has 1 saturated heterocycles. The van der Waals surface area contributed by atoms with E-state index < -0.39 is 6.04 Å². The summed E-state index contributed by atoms with van der Waals surface area (Å²) in [6.45, 7) is 2.00. The molecule has 1 aromatic rings. The standard InChI is InChI=1S/C11H16N4O2/c1-4-7-9(6-14(2)13-7)12-8-5-10(16)15(3)11(8)17/h6,8,12H,4-5H2,1-3H3. The maximum atomic E-state index is 11.7. The minimum atomic E-state index is -0.456. The minimum absolute atomic E-state index is 0.144. The molecule has 0 radical (unpaired) electrons. The van der Waals surface area contributed by atoms with Crippen LogP contribution in [-0.2, 0) is 23.1 Å². The van der Waals surface area contributed by atoms with E-state index in [-0.39, 0.29) is 18.2 Å². The number of hydrogen-bond donors (Lipinski definition) is 1. The number of imide groups is 1. The summed E-state index contributed by atoms with van der Waals surface area (Å²) in [5, 5.41) is 7.38. The zero-order valence-electron chi connectivity index (χ0n) is 10.2. The molecule has 0 aromatic carbocycles. The number of carbonyl (C=O) groups is 2. The molecule has 6 heteroatoms. The predicted octanol–water partition coefficient (Wildman–Crippen LogP) is 0.152. The lowest BCUT2D eigenvalue weighted by molar-refractivity contribution is -0.136. The summed E-state index contributed by atoms with van der Waals surface area (Å²) in [5.74, 6) is -0.324. The van der Waals surface area contributed by atoms with Gasteiger partial charge in [-0.25, -0.2) is 0 Å². The number of aromatic nitrogens is 2. The summed E-state index contributed by atoms with van der Waals surface area (Å²) in [5.41, 5.74) is 1.73. The van der Waals surface area contributed by atoms with Crippen LogP contribution >= 0.6 is 0 Å². The fourth-order valence-corrected chi connectivity index (χ4v) is 1.97. The third-order valence-corrected chi connectivity index (χ3v) is 2.95. The summed E-state index contributed by atoms with van der Waals surface area (Å²) in [7, 11) is 3.34. The van der Waals surface area contributed by atoms with Gasteiger partial charge in [-0.05, 0) is 6.42 Å². The van der Waals surface area contributed by atoms with E-state index in [1.54, 1.807) is 4.68 Å². The lowest BCUT2D eigenvalue weighted by Crippen LogP contribution is -2.31. The molecule has 0 bridgehead atoms. The molecule has 2 rings (SSSR count). The van der Waals surface area contributed by atoms with Crippen molar-refractivity contribution in [2.45, 2.75) is 25.8 Å². The number of nitrogens with one attached hydrogen (secondary N) is 1. The van der Waals surface area contributed by atoms with Crippen LogP contribution in [0, 0.1) is 0 Å². The number of likely N-dealkylation sites (N-methyl/N-ethyl adjacent to an activating group) is 1. The second-order valence-corrected chi connectivity index (χ2v) is 4.21. The van der Waals surface area contributed by atoms with Crippen LogP contribution in [0.3, 0.4) is 0 Å². The predicted molar refractivity (Wildman–Crippen MR) is 62.4 cm³/mol. The van der Waals surface area contributed by atoms with Crippen molar-refractivity contribution in [1.29, 1.82) is 0 Å². The van der Waals surface area contributed by atoms with Gasteiger partial charge in [-0.15, -0.1) is 0 Å². The second kappa shape index (κ2) is 4.20. The fraction of sp³-hybridized carbons (Fsp3) is 0.545. The van der Waals surface area contributed by atoms with Gasteiger partial charge in [-0.2, -0.15) is 5.10 Å². The van der Waals surface area contributed by atoms with Crippen molar-refractivity contribution in [2.75, 3.05) is 12.4 Å². The molecular weight excluding hydrogens is 220 g/mol. The molecule has 2 heterocycles. The molecule has 17 heavy (non-hydrogen) atoms. The Morgan fingerprint density at radius 3 is 2.71 bits per heavy atom. The zero-order chi connectivity index (χ0) is 12.6. The van der Waals surface area contributed by atoms with Gasteiger partial charge in [0.25, 0.3) is 5.91 Å². The number of likely N-dealkylation sites (tertiary alicyclic amines) is 1. The fourth-order valence-electron chi connectivity index (χ4n) is 1.97. The first-order valence-corrected chi connectivity index (χ1v) is 5.62. The molecule has 1 N–H and O–H groups in total. The van der Waals surface area contributed by atoms with E-state index in [1.165, 1.54) is 11.9 Å². The highest BCUT2D eigenvalue weighted by Gasteiger charge is 2.36.